The second kappa shape index (κ2) is 8.44. The predicted molar refractivity (Wildman–Crippen MR) is 107 cm³/mol. The Kier molecular flexibility index (Phi) is 5.95. The third kappa shape index (κ3) is 3.68. The molecule has 0 radical (unpaired) electrons. The Balaban J connectivity index is 2.28. The molecule has 1 aromatic heterocycles. The first kappa shape index (κ1) is 21.2. The van der Waals surface area contributed by atoms with E-state index in [4.69, 9.17) is 9.47 Å². The summed E-state index contributed by atoms with van der Waals surface area (Å²) in [6, 6.07) is 5.97. The minimum Gasteiger partial charge on any atom is -0.465 e. The number of fused-ring (bicyclic) bond motifs is 1. The molecule has 30 heavy (non-hydrogen) atoms. The molecule has 2 heterocycles. The van der Waals surface area contributed by atoms with Crippen LogP contribution in [0.25, 0.3) is 0 Å². The summed E-state index contributed by atoms with van der Waals surface area (Å²) in [5, 5.41) is 15.6. The topological polar surface area (TPSA) is 126 Å². The highest BCUT2D eigenvalue weighted by molar-refractivity contribution is 6.06. The molecule has 1 aliphatic heterocycles. The summed E-state index contributed by atoms with van der Waals surface area (Å²) < 4.78 is 11.8. The number of carbonyl (C=O) groups excluding carboxylic acids is 2. The number of esters is 2. The van der Waals surface area contributed by atoms with Gasteiger partial charge in [-0.15, -0.1) is 0 Å². The number of ether oxygens (including phenoxy) is 2. The lowest BCUT2D eigenvalue weighted by Gasteiger charge is -2.29. The zero-order chi connectivity index (χ0) is 22.0. The van der Waals surface area contributed by atoms with E-state index in [0.717, 1.165) is 0 Å². The van der Waals surface area contributed by atoms with E-state index in [-0.39, 0.29) is 24.6 Å². The maximum atomic E-state index is 12.9. The molecule has 0 amide bonds. The molecular formula is C20H22N4O6. The number of nitro groups is 1. The van der Waals surface area contributed by atoms with Crippen LogP contribution in [0, 0.1) is 16.0 Å². The Bertz CT molecular complexity index is 1040. The number of carbonyl (C=O) groups is 2. The van der Waals surface area contributed by atoms with E-state index in [1.54, 1.807) is 33.9 Å². The summed E-state index contributed by atoms with van der Waals surface area (Å²) in [4.78, 5) is 40.8. The number of benzene rings is 1. The van der Waals surface area contributed by atoms with Crippen LogP contribution < -0.4 is 0 Å². The van der Waals surface area contributed by atoms with Gasteiger partial charge in [0, 0.05) is 36.4 Å². The highest BCUT2D eigenvalue weighted by atomic mass is 16.6. The molecule has 158 valence electrons. The van der Waals surface area contributed by atoms with Crippen LogP contribution in [0.2, 0.25) is 0 Å². The zero-order valence-corrected chi connectivity index (χ0v) is 17.1. The van der Waals surface area contributed by atoms with Gasteiger partial charge in [0.2, 0.25) is 0 Å². The molecule has 0 saturated heterocycles. The van der Waals surface area contributed by atoms with Crippen molar-refractivity contribution in [1.82, 2.24) is 9.78 Å². The first-order valence-electron chi connectivity index (χ1n) is 9.50. The van der Waals surface area contributed by atoms with Crippen molar-refractivity contribution in [3.05, 3.63) is 51.2 Å². The smallest absolute Gasteiger partial charge is 0.359 e. The summed E-state index contributed by atoms with van der Waals surface area (Å²) >= 11 is 0. The predicted octanol–water partition coefficient (Wildman–Crippen LogP) is 2.92. The molecule has 0 aliphatic carbocycles. The van der Waals surface area contributed by atoms with Gasteiger partial charge in [-0.2, -0.15) is 5.10 Å². The van der Waals surface area contributed by atoms with Gasteiger partial charge in [0.1, 0.15) is 5.92 Å². The summed E-state index contributed by atoms with van der Waals surface area (Å²) in [7, 11) is 1.63. The Morgan fingerprint density at radius 2 is 1.93 bits per heavy atom. The van der Waals surface area contributed by atoms with Crippen LogP contribution >= 0.6 is 0 Å². The van der Waals surface area contributed by atoms with Gasteiger partial charge >= 0.3 is 11.9 Å². The zero-order valence-electron chi connectivity index (χ0n) is 17.1. The van der Waals surface area contributed by atoms with Crippen molar-refractivity contribution in [2.45, 2.75) is 26.7 Å². The van der Waals surface area contributed by atoms with Gasteiger partial charge in [0.25, 0.3) is 5.69 Å². The molecule has 10 heteroatoms. The maximum absolute atomic E-state index is 12.9. The minimum atomic E-state index is -0.864. The lowest BCUT2D eigenvalue weighted by molar-refractivity contribution is -0.384. The average molecular weight is 414 g/mol. The van der Waals surface area contributed by atoms with E-state index in [0.29, 0.717) is 22.7 Å². The molecule has 2 atom stereocenters. The van der Waals surface area contributed by atoms with E-state index in [2.05, 4.69) is 10.1 Å². The van der Waals surface area contributed by atoms with Crippen LogP contribution in [0.4, 0.5) is 11.5 Å². The van der Waals surface area contributed by atoms with Crippen molar-refractivity contribution in [2.24, 2.45) is 18.0 Å². The largest absolute Gasteiger partial charge is 0.465 e. The van der Waals surface area contributed by atoms with Crippen LogP contribution in [0.3, 0.4) is 0 Å². The first-order chi connectivity index (χ1) is 14.3. The summed E-state index contributed by atoms with van der Waals surface area (Å²) in [6.45, 7) is 5.36. The third-order valence-corrected chi connectivity index (χ3v) is 4.88. The highest BCUT2D eigenvalue weighted by Crippen LogP contribution is 2.45. The summed E-state index contributed by atoms with van der Waals surface area (Å²) in [5.74, 6) is -2.39. The van der Waals surface area contributed by atoms with E-state index in [9.17, 15) is 19.7 Å². The van der Waals surface area contributed by atoms with E-state index in [1.807, 2.05) is 0 Å². The number of nitrogens with zero attached hydrogens (tertiary/aromatic N) is 4. The molecule has 2 unspecified atom stereocenters. The Hall–Kier alpha value is -3.56. The fourth-order valence-electron chi connectivity index (χ4n) is 3.67. The molecule has 10 nitrogen and oxygen atoms in total. The first-order valence-corrected chi connectivity index (χ1v) is 9.50. The summed E-state index contributed by atoms with van der Waals surface area (Å²) in [5.41, 5.74) is 1.24. The monoisotopic (exact) mass is 414 g/mol. The van der Waals surface area contributed by atoms with Gasteiger partial charge in [-0.1, -0.05) is 12.1 Å². The number of hydrogen-bond acceptors (Lipinski definition) is 8. The van der Waals surface area contributed by atoms with Crippen molar-refractivity contribution >= 4 is 29.2 Å². The van der Waals surface area contributed by atoms with E-state index in [1.165, 1.54) is 22.9 Å². The van der Waals surface area contributed by atoms with Gasteiger partial charge in [0.15, 0.2) is 11.5 Å². The van der Waals surface area contributed by atoms with Crippen LogP contribution in [-0.2, 0) is 21.3 Å². The Morgan fingerprint density at radius 1 is 1.23 bits per heavy atom. The molecule has 3 rings (SSSR count). The normalized spacial score (nSPS) is 17.7. The SMILES string of the molecule is CCOC(=O)c1nn(C)c2c1C(c1cccc([N+](=O)[O-])c1)C(C(=O)OCC)C(C)=N2. The second-order valence-electron chi connectivity index (χ2n) is 6.74. The molecule has 0 spiro atoms. The van der Waals surface area contributed by atoms with Crippen molar-refractivity contribution in [3.8, 4) is 0 Å². The fourth-order valence-corrected chi connectivity index (χ4v) is 3.67. The lowest BCUT2D eigenvalue weighted by Crippen LogP contribution is -2.34. The molecule has 2 aromatic rings. The minimum absolute atomic E-state index is 0.0244. The second-order valence-corrected chi connectivity index (χ2v) is 6.74. The number of non-ortho nitro benzene ring substituents is 1. The molecular weight excluding hydrogens is 392 g/mol. The van der Waals surface area contributed by atoms with Crippen molar-refractivity contribution < 1.29 is 24.0 Å². The number of aliphatic imine (C=N–C) groups is 1. The molecule has 0 N–H and O–H groups in total. The van der Waals surface area contributed by atoms with Crippen LogP contribution in [0.5, 0.6) is 0 Å². The molecule has 1 aromatic carbocycles. The van der Waals surface area contributed by atoms with Crippen molar-refractivity contribution in [3.63, 3.8) is 0 Å². The van der Waals surface area contributed by atoms with Gasteiger partial charge in [-0.3, -0.25) is 14.9 Å². The molecule has 1 aliphatic rings. The van der Waals surface area contributed by atoms with Gasteiger partial charge < -0.3 is 9.47 Å². The van der Waals surface area contributed by atoms with Gasteiger partial charge in [-0.05, 0) is 26.3 Å². The molecule has 0 bridgehead atoms. The van der Waals surface area contributed by atoms with Crippen molar-refractivity contribution in [1.29, 1.82) is 0 Å². The van der Waals surface area contributed by atoms with Crippen LogP contribution in [0.15, 0.2) is 29.3 Å². The molecule has 0 saturated carbocycles. The van der Waals surface area contributed by atoms with E-state index >= 15 is 0 Å². The standard InChI is InChI=1S/C20H22N4O6/c1-5-29-19(25)14-11(3)21-18-16(17(22-23(18)4)20(26)30-6-2)15(14)12-8-7-9-13(10-12)24(27)28/h7-10,14-15H,5-6H2,1-4H3. The third-order valence-electron chi connectivity index (χ3n) is 4.88. The van der Waals surface area contributed by atoms with Gasteiger partial charge in [-0.25, -0.2) is 14.5 Å². The average Bonchev–Trinajstić information content (AvgIpc) is 3.03. The van der Waals surface area contributed by atoms with Crippen LogP contribution in [-0.4, -0.2) is 45.6 Å². The highest BCUT2D eigenvalue weighted by Gasteiger charge is 2.43. The number of rotatable bonds is 6. The lowest BCUT2D eigenvalue weighted by atomic mass is 9.76. The molecule has 0 fully saturated rings. The number of aromatic nitrogens is 2. The maximum Gasteiger partial charge on any atom is 0.359 e. The van der Waals surface area contributed by atoms with Crippen molar-refractivity contribution in [2.75, 3.05) is 13.2 Å². The number of aryl methyl sites for hydroxylation is 1. The van der Waals surface area contributed by atoms with Gasteiger partial charge in [0.05, 0.1) is 18.1 Å². The quantitative estimate of drug-likeness (QED) is 0.404. The Labute approximate surface area is 172 Å². The van der Waals surface area contributed by atoms with E-state index < -0.39 is 28.7 Å². The van der Waals surface area contributed by atoms with Crippen LogP contribution in [0.1, 0.15) is 48.3 Å². The fraction of sp³-hybridized carbons (Fsp3) is 0.400. The number of nitro benzene ring substituents is 1. The Morgan fingerprint density at radius 3 is 2.57 bits per heavy atom. The number of hydrogen-bond donors (Lipinski definition) is 0. The summed E-state index contributed by atoms with van der Waals surface area (Å²) in [6.07, 6.45) is 0.